The average Bonchev–Trinajstić information content (AvgIpc) is 3.23. The third-order valence-corrected chi connectivity index (χ3v) is 4.57. The van der Waals surface area contributed by atoms with Crippen molar-refractivity contribution in [2.45, 2.75) is 50.6 Å². The summed E-state index contributed by atoms with van der Waals surface area (Å²) in [6.07, 6.45) is 11.5. The fourth-order valence-corrected chi connectivity index (χ4v) is 3.25. The molecule has 1 unspecified atom stereocenters. The Bertz CT molecular complexity index is 598. The number of hydrogen-bond acceptors (Lipinski definition) is 2. The summed E-state index contributed by atoms with van der Waals surface area (Å²) in [7, 11) is 0. The fraction of sp³-hybridized carbons (Fsp3) is 0.471. The molecule has 1 aliphatic carbocycles. The van der Waals surface area contributed by atoms with E-state index < -0.39 is 0 Å². The molecule has 1 aromatic carbocycles. The Morgan fingerprint density at radius 3 is 3.00 bits per heavy atom. The third kappa shape index (κ3) is 2.33. The average molecular weight is 267 g/mol. The maximum atomic E-state index is 4.33. The molecule has 20 heavy (non-hydrogen) atoms. The zero-order valence-electron chi connectivity index (χ0n) is 11.8. The maximum absolute atomic E-state index is 4.33. The molecule has 1 aliphatic heterocycles. The summed E-state index contributed by atoms with van der Waals surface area (Å²) in [6, 6.07) is 10.0. The zero-order chi connectivity index (χ0) is 13.4. The van der Waals surface area contributed by atoms with Gasteiger partial charge in [-0.3, -0.25) is 0 Å². The van der Waals surface area contributed by atoms with Gasteiger partial charge in [0.2, 0.25) is 0 Å². The van der Waals surface area contributed by atoms with Crippen molar-refractivity contribution >= 4 is 5.69 Å². The molecule has 0 bridgehead atoms. The Kier molecular flexibility index (Phi) is 2.98. The van der Waals surface area contributed by atoms with Crippen LogP contribution in [-0.2, 0) is 12.8 Å². The number of para-hydroxylation sites is 1. The van der Waals surface area contributed by atoms with Crippen LogP contribution in [0, 0.1) is 0 Å². The number of rotatable bonds is 4. The van der Waals surface area contributed by atoms with E-state index in [1.165, 1.54) is 49.0 Å². The Hall–Kier alpha value is -1.77. The van der Waals surface area contributed by atoms with Crippen molar-refractivity contribution in [1.29, 1.82) is 0 Å². The number of aromatic nitrogens is 2. The highest BCUT2D eigenvalue weighted by Gasteiger charge is 2.25. The van der Waals surface area contributed by atoms with Crippen molar-refractivity contribution in [2.24, 2.45) is 0 Å². The normalized spacial score (nSPS) is 21.3. The highest BCUT2D eigenvalue weighted by Crippen LogP contribution is 2.36. The number of hydrogen-bond donors (Lipinski definition) is 1. The van der Waals surface area contributed by atoms with Crippen LogP contribution in [0.2, 0.25) is 0 Å². The van der Waals surface area contributed by atoms with Gasteiger partial charge in [0.1, 0.15) is 0 Å². The second-order valence-corrected chi connectivity index (χ2v) is 6.10. The predicted octanol–water partition coefficient (Wildman–Crippen LogP) is 3.58. The number of nitrogens with zero attached hydrogens (tertiary/aromatic N) is 2. The second-order valence-electron chi connectivity index (χ2n) is 6.10. The van der Waals surface area contributed by atoms with Crippen molar-refractivity contribution in [3.05, 3.63) is 48.0 Å². The molecule has 0 saturated heterocycles. The first-order valence-corrected chi connectivity index (χ1v) is 7.75. The van der Waals surface area contributed by atoms with Crippen LogP contribution in [0.25, 0.3) is 0 Å². The van der Waals surface area contributed by atoms with Gasteiger partial charge in [0, 0.05) is 29.7 Å². The van der Waals surface area contributed by atoms with Crippen LogP contribution in [0.15, 0.2) is 36.8 Å². The second kappa shape index (κ2) is 4.97. The van der Waals surface area contributed by atoms with Crippen molar-refractivity contribution in [2.75, 3.05) is 5.32 Å². The summed E-state index contributed by atoms with van der Waals surface area (Å²) in [6.45, 7) is 0. The Labute approximate surface area is 120 Å². The lowest BCUT2D eigenvalue weighted by Crippen LogP contribution is -2.26. The van der Waals surface area contributed by atoms with Crippen LogP contribution in [0.5, 0.6) is 0 Å². The number of imidazole rings is 1. The van der Waals surface area contributed by atoms with E-state index in [9.17, 15) is 0 Å². The van der Waals surface area contributed by atoms with Crippen molar-refractivity contribution in [1.82, 2.24) is 9.55 Å². The number of anilines is 1. The Morgan fingerprint density at radius 1 is 1.20 bits per heavy atom. The molecule has 1 aromatic heterocycles. The van der Waals surface area contributed by atoms with E-state index in [0.717, 1.165) is 12.5 Å². The number of nitrogens with one attached hydrogen (secondary N) is 1. The Morgan fingerprint density at radius 2 is 2.10 bits per heavy atom. The largest absolute Gasteiger partial charge is 0.382 e. The van der Waals surface area contributed by atoms with Gasteiger partial charge < -0.3 is 9.88 Å². The number of aryl methyl sites for hydroxylation is 2. The molecule has 2 heterocycles. The van der Waals surface area contributed by atoms with Crippen LogP contribution >= 0.6 is 0 Å². The number of benzene rings is 1. The zero-order valence-corrected chi connectivity index (χ0v) is 11.8. The van der Waals surface area contributed by atoms with Crippen molar-refractivity contribution < 1.29 is 0 Å². The smallest absolute Gasteiger partial charge is 0.0950 e. The predicted molar refractivity (Wildman–Crippen MR) is 81.0 cm³/mol. The molecule has 1 saturated carbocycles. The molecule has 1 atom stereocenters. The van der Waals surface area contributed by atoms with Gasteiger partial charge in [-0.15, -0.1) is 0 Å². The highest BCUT2D eigenvalue weighted by atomic mass is 15.1. The molecule has 1 fully saturated rings. The van der Waals surface area contributed by atoms with Crippen molar-refractivity contribution in [3.8, 4) is 0 Å². The number of fused-ring (bicyclic) bond motifs is 1. The van der Waals surface area contributed by atoms with Crippen LogP contribution in [0.1, 0.15) is 43.0 Å². The van der Waals surface area contributed by atoms with Crippen LogP contribution < -0.4 is 5.32 Å². The fourth-order valence-electron chi connectivity index (χ4n) is 3.25. The Balaban J connectivity index is 1.40. The summed E-state index contributed by atoms with van der Waals surface area (Å²) in [4.78, 5) is 4.33. The van der Waals surface area contributed by atoms with E-state index >= 15 is 0 Å². The highest BCUT2D eigenvalue weighted by molar-refractivity contribution is 5.53. The summed E-state index contributed by atoms with van der Waals surface area (Å²) < 4.78 is 2.39. The summed E-state index contributed by atoms with van der Waals surface area (Å²) in [5.41, 5.74) is 4.21. The molecule has 3 heteroatoms. The molecule has 0 radical (unpaired) electrons. The van der Waals surface area contributed by atoms with Crippen LogP contribution in [-0.4, -0.2) is 15.6 Å². The molecule has 0 spiro atoms. The first-order valence-electron chi connectivity index (χ1n) is 7.75. The molecule has 4 rings (SSSR count). The van der Waals surface area contributed by atoms with E-state index in [1.807, 2.05) is 6.33 Å². The molecule has 0 amide bonds. The minimum absolute atomic E-state index is 0.604. The van der Waals surface area contributed by atoms with Gasteiger partial charge in [-0.25, -0.2) is 4.98 Å². The van der Waals surface area contributed by atoms with Gasteiger partial charge in [0.25, 0.3) is 0 Å². The lowest BCUT2D eigenvalue weighted by atomic mass is 9.95. The molecule has 1 N–H and O–H groups in total. The minimum atomic E-state index is 0.604. The maximum Gasteiger partial charge on any atom is 0.0950 e. The minimum Gasteiger partial charge on any atom is -0.382 e. The monoisotopic (exact) mass is 267 g/mol. The van der Waals surface area contributed by atoms with E-state index in [1.54, 1.807) is 0 Å². The first kappa shape index (κ1) is 12.0. The van der Waals surface area contributed by atoms with Gasteiger partial charge in [-0.2, -0.15) is 0 Å². The molecule has 3 nitrogen and oxygen atoms in total. The molecular weight excluding hydrogens is 246 g/mol. The standard InChI is InChI=1S/C17H21N3/c1-2-4-17-13(3-1)5-6-14(19-17)7-8-16-11-18-12-20(16)15-9-10-15/h1-4,11-12,14-15,19H,5-10H2. The lowest BCUT2D eigenvalue weighted by molar-refractivity contribution is 0.568. The van der Waals surface area contributed by atoms with Crippen LogP contribution in [0.3, 0.4) is 0 Å². The van der Waals surface area contributed by atoms with Gasteiger partial charge >= 0.3 is 0 Å². The van der Waals surface area contributed by atoms with Gasteiger partial charge in [0.15, 0.2) is 0 Å². The summed E-state index contributed by atoms with van der Waals surface area (Å²) in [5, 5.41) is 3.69. The van der Waals surface area contributed by atoms with E-state index in [2.05, 4.69) is 45.3 Å². The summed E-state index contributed by atoms with van der Waals surface area (Å²) in [5.74, 6) is 0. The molecule has 104 valence electrons. The van der Waals surface area contributed by atoms with Crippen LogP contribution in [0.4, 0.5) is 5.69 Å². The third-order valence-electron chi connectivity index (χ3n) is 4.57. The topological polar surface area (TPSA) is 29.9 Å². The van der Waals surface area contributed by atoms with E-state index in [0.29, 0.717) is 6.04 Å². The van der Waals surface area contributed by atoms with Gasteiger partial charge in [-0.1, -0.05) is 18.2 Å². The first-order chi connectivity index (χ1) is 9.90. The summed E-state index contributed by atoms with van der Waals surface area (Å²) >= 11 is 0. The lowest BCUT2D eigenvalue weighted by Gasteiger charge is -2.27. The van der Waals surface area contributed by atoms with E-state index in [4.69, 9.17) is 0 Å². The van der Waals surface area contributed by atoms with E-state index in [-0.39, 0.29) is 0 Å². The van der Waals surface area contributed by atoms with Gasteiger partial charge in [0.05, 0.1) is 6.33 Å². The van der Waals surface area contributed by atoms with Crippen molar-refractivity contribution in [3.63, 3.8) is 0 Å². The molecule has 2 aromatic rings. The molecular formula is C17H21N3. The quantitative estimate of drug-likeness (QED) is 0.917. The molecule has 2 aliphatic rings. The SMILES string of the molecule is c1ccc2c(c1)CCC(CCc1cncn1C1CC1)N2. The van der Waals surface area contributed by atoms with Gasteiger partial charge in [-0.05, 0) is 50.2 Å².